The van der Waals surface area contributed by atoms with Gasteiger partial charge in [0, 0.05) is 23.2 Å². The molecule has 0 N–H and O–H groups in total. The number of rotatable bonds is 7. The summed E-state index contributed by atoms with van der Waals surface area (Å²) in [5, 5.41) is 0.585. The predicted octanol–water partition coefficient (Wildman–Crippen LogP) is 4.58. The number of para-hydroxylation sites is 1. The molecule has 0 unspecified atom stereocenters. The van der Waals surface area contributed by atoms with Gasteiger partial charge in [-0.2, -0.15) is 0 Å². The van der Waals surface area contributed by atoms with Crippen molar-refractivity contribution in [1.29, 1.82) is 0 Å². The molecule has 4 nitrogen and oxygen atoms in total. The van der Waals surface area contributed by atoms with Gasteiger partial charge in [0.1, 0.15) is 11.5 Å². The van der Waals surface area contributed by atoms with E-state index in [1.165, 1.54) is 10.6 Å². The van der Waals surface area contributed by atoms with E-state index >= 15 is 0 Å². The van der Waals surface area contributed by atoms with E-state index < -0.39 is 0 Å². The Balaban J connectivity index is 1.57. The second kappa shape index (κ2) is 8.59. The number of benzene rings is 2. The van der Waals surface area contributed by atoms with Gasteiger partial charge in [0.25, 0.3) is 5.56 Å². The van der Waals surface area contributed by atoms with Gasteiger partial charge < -0.3 is 9.47 Å². The van der Waals surface area contributed by atoms with E-state index in [4.69, 9.17) is 21.1 Å². The Kier molecular flexibility index (Phi) is 5.97. The summed E-state index contributed by atoms with van der Waals surface area (Å²) in [4.78, 5) is 12.3. The van der Waals surface area contributed by atoms with Gasteiger partial charge in [-0.25, -0.2) is 0 Å². The van der Waals surface area contributed by atoms with Gasteiger partial charge in [0.05, 0.1) is 18.9 Å². The Labute approximate surface area is 157 Å². The van der Waals surface area contributed by atoms with Crippen LogP contribution in [0.4, 0.5) is 0 Å². The number of pyridine rings is 1. The molecule has 1 aromatic heterocycles. The SMILES string of the molecule is C[C@H](COc1ccccc1)COc1ccn(-c2cccc(Cl)c2)c(=O)c1. The molecular weight excluding hydrogens is 350 g/mol. The fraction of sp³-hybridized carbons (Fsp3) is 0.190. The normalized spacial score (nSPS) is 11.8. The van der Waals surface area contributed by atoms with Crippen molar-refractivity contribution in [2.24, 2.45) is 5.92 Å². The van der Waals surface area contributed by atoms with Crippen LogP contribution in [0.2, 0.25) is 5.02 Å². The highest BCUT2D eigenvalue weighted by molar-refractivity contribution is 6.30. The van der Waals surface area contributed by atoms with Crippen LogP contribution in [0, 0.1) is 5.92 Å². The molecule has 3 aromatic rings. The number of hydrogen-bond acceptors (Lipinski definition) is 3. The third kappa shape index (κ3) is 4.90. The summed E-state index contributed by atoms with van der Waals surface area (Å²) >= 11 is 5.98. The third-order valence-electron chi connectivity index (χ3n) is 3.79. The molecule has 5 heteroatoms. The highest BCUT2D eigenvalue weighted by atomic mass is 35.5. The average molecular weight is 370 g/mol. The zero-order chi connectivity index (χ0) is 18.4. The highest BCUT2D eigenvalue weighted by Crippen LogP contribution is 2.15. The topological polar surface area (TPSA) is 40.5 Å². The van der Waals surface area contributed by atoms with Crippen molar-refractivity contribution in [2.45, 2.75) is 6.92 Å². The van der Waals surface area contributed by atoms with Crippen molar-refractivity contribution in [1.82, 2.24) is 4.57 Å². The van der Waals surface area contributed by atoms with E-state index in [1.807, 2.05) is 49.4 Å². The van der Waals surface area contributed by atoms with E-state index in [0.717, 1.165) is 11.4 Å². The summed E-state index contributed by atoms with van der Waals surface area (Å²) in [6, 6.07) is 20.1. The van der Waals surface area contributed by atoms with Crippen molar-refractivity contribution >= 4 is 11.6 Å². The van der Waals surface area contributed by atoms with Crippen LogP contribution in [0.25, 0.3) is 5.69 Å². The van der Waals surface area contributed by atoms with E-state index in [2.05, 4.69) is 0 Å². The van der Waals surface area contributed by atoms with Crippen LogP contribution in [0.1, 0.15) is 6.92 Å². The number of nitrogens with zero attached hydrogens (tertiary/aromatic N) is 1. The average Bonchev–Trinajstić information content (AvgIpc) is 2.65. The molecule has 0 aliphatic carbocycles. The molecule has 26 heavy (non-hydrogen) atoms. The maximum Gasteiger partial charge on any atom is 0.258 e. The smallest absolute Gasteiger partial charge is 0.258 e. The largest absolute Gasteiger partial charge is 0.493 e. The molecule has 0 aliphatic rings. The minimum atomic E-state index is -0.169. The summed E-state index contributed by atoms with van der Waals surface area (Å²) in [6.45, 7) is 3.05. The number of halogens is 1. The fourth-order valence-electron chi connectivity index (χ4n) is 2.43. The van der Waals surface area contributed by atoms with Crippen molar-refractivity contribution in [2.75, 3.05) is 13.2 Å². The number of ether oxygens (including phenoxy) is 2. The Morgan fingerprint density at radius 3 is 2.35 bits per heavy atom. The Morgan fingerprint density at radius 1 is 0.923 bits per heavy atom. The van der Waals surface area contributed by atoms with Crippen LogP contribution in [0.5, 0.6) is 11.5 Å². The van der Waals surface area contributed by atoms with Gasteiger partial charge in [-0.3, -0.25) is 9.36 Å². The van der Waals surface area contributed by atoms with Crippen LogP contribution < -0.4 is 15.0 Å². The van der Waals surface area contributed by atoms with E-state index in [1.54, 1.807) is 24.4 Å². The van der Waals surface area contributed by atoms with Crippen molar-refractivity contribution in [3.63, 3.8) is 0 Å². The van der Waals surface area contributed by atoms with Crippen molar-refractivity contribution < 1.29 is 9.47 Å². The molecule has 134 valence electrons. The lowest BCUT2D eigenvalue weighted by Gasteiger charge is -2.14. The van der Waals surface area contributed by atoms with Crippen LogP contribution in [-0.2, 0) is 0 Å². The lowest BCUT2D eigenvalue weighted by atomic mass is 10.2. The van der Waals surface area contributed by atoms with Gasteiger partial charge in [-0.15, -0.1) is 0 Å². The lowest BCUT2D eigenvalue weighted by Crippen LogP contribution is -2.19. The Morgan fingerprint density at radius 2 is 1.65 bits per heavy atom. The zero-order valence-electron chi connectivity index (χ0n) is 14.5. The molecule has 0 fully saturated rings. The molecule has 0 saturated heterocycles. The monoisotopic (exact) mass is 369 g/mol. The number of hydrogen-bond donors (Lipinski definition) is 0. The summed E-state index contributed by atoms with van der Waals surface area (Å²) in [5.74, 6) is 1.56. The van der Waals surface area contributed by atoms with Crippen LogP contribution in [0.3, 0.4) is 0 Å². The second-order valence-electron chi connectivity index (χ2n) is 6.09. The summed E-state index contributed by atoms with van der Waals surface area (Å²) in [6.07, 6.45) is 1.69. The first-order valence-corrected chi connectivity index (χ1v) is 8.79. The first-order valence-electron chi connectivity index (χ1n) is 8.41. The maximum absolute atomic E-state index is 12.3. The van der Waals surface area contributed by atoms with Gasteiger partial charge in [-0.05, 0) is 36.4 Å². The first kappa shape index (κ1) is 18.1. The fourth-order valence-corrected chi connectivity index (χ4v) is 2.62. The molecule has 2 aromatic carbocycles. The van der Waals surface area contributed by atoms with E-state index in [0.29, 0.717) is 24.0 Å². The third-order valence-corrected chi connectivity index (χ3v) is 4.02. The van der Waals surface area contributed by atoms with Crippen molar-refractivity contribution in [3.8, 4) is 17.2 Å². The van der Waals surface area contributed by atoms with Crippen molar-refractivity contribution in [3.05, 3.63) is 88.3 Å². The van der Waals surface area contributed by atoms with E-state index in [-0.39, 0.29) is 11.5 Å². The first-order chi connectivity index (χ1) is 12.6. The van der Waals surface area contributed by atoms with Gasteiger partial charge in [-0.1, -0.05) is 42.8 Å². The Bertz CT molecular complexity index is 908. The maximum atomic E-state index is 12.3. The van der Waals surface area contributed by atoms with Gasteiger partial charge in [0.15, 0.2) is 0 Å². The van der Waals surface area contributed by atoms with Crippen LogP contribution >= 0.6 is 11.6 Å². The van der Waals surface area contributed by atoms with Crippen LogP contribution in [0.15, 0.2) is 77.7 Å². The van der Waals surface area contributed by atoms with Gasteiger partial charge in [0.2, 0.25) is 0 Å². The molecule has 0 aliphatic heterocycles. The molecule has 0 amide bonds. The minimum Gasteiger partial charge on any atom is -0.493 e. The molecule has 0 radical (unpaired) electrons. The standard InChI is InChI=1S/C21H20ClNO3/c1-16(14-25-19-8-3-2-4-9-19)15-26-20-10-11-23(21(24)13-20)18-7-5-6-17(22)12-18/h2-13,16H,14-15H2,1H3/t16-/m1/s1. The lowest BCUT2D eigenvalue weighted by molar-refractivity contribution is 0.188. The Hall–Kier alpha value is -2.72. The minimum absolute atomic E-state index is 0.169. The van der Waals surface area contributed by atoms with Crippen LogP contribution in [-0.4, -0.2) is 17.8 Å². The molecule has 3 rings (SSSR count). The summed E-state index contributed by atoms with van der Waals surface area (Å²) in [5.41, 5.74) is 0.552. The quantitative estimate of drug-likeness (QED) is 0.611. The summed E-state index contributed by atoms with van der Waals surface area (Å²) < 4.78 is 13.0. The molecule has 0 spiro atoms. The molecule has 0 bridgehead atoms. The zero-order valence-corrected chi connectivity index (χ0v) is 15.2. The molecule has 0 saturated carbocycles. The summed E-state index contributed by atoms with van der Waals surface area (Å²) in [7, 11) is 0. The highest BCUT2D eigenvalue weighted by Gasteiger charge is 2.07. The number of aromatic nitrogens is 1. The molecular formula is C21H20ClNO3. The molecule has 1 heterocycles. The second-order valence-corrected chi connectivity index (χ2v) is 6.53. The van der Waals surface area contributed by atoms with E-state index in [9.17, 15) is 4.79 Å². The van der Waals surface area contributed by atoms with Gasteiger partial charge >= 0.3 is 0 Å². The molecule has 1 atom stereocenters. The predicted molar refractivity (Wildman–Crippen MR) is 104 cm³/mol.